The summed E-state index contributed by atoms with van der Waals surface area (Å²) in [5.41, 5.74) is 2.93. The highest BCUT2D eigenvalue weighted by atomic mass is 35.5. The van der Waals surface area contributed by atoms with Gasteiger partial charge in [-0.05, 0) is 29.7 Å². The van der Waals surface area contributed by atoms with Crippen molar-refractivity contribution in [3.63, 3.8) is 0 Å². The van der Waals surface area contributed by atoms with E-state index < -0.39 is 5.82 Å². The highest BCUT2D eigenvalue weighted by Gasteiger charge is 2.23. The Balaban J connectivity index is 1.56. The Kier molecular flexibility index (Phi) is 3.57. The van der Waals surface area contributed by atoms with Crippen molar-refractivity contribution in [1.29, 1.82) is 0 Å². The van der Waals surface area contributed by atoms with Crippen molar-refractivity contribution in [2.45, 2.75) is 13.0 Å². The van der Waals surface area contributed by atoms with Gasteiger partial charge in [-0.2, -0.15) is 5.10 Å². The Bertz CT molecular complexity index is 941. The minimum atomic E-state index is -0.633. The second-order valence-electron chi connectivity index (χ2n) is 5.60. The Morgan fingerprint density at radius 1 is 1.38 bits per heavy atom. The molecule has 3 heterocycles. The summed E-state index contributed by atoms with van der Waals surface area (Å²) in [5.74, 6) is -0.633. The van der Waals surface area contributed by atoms with Gasteiger partial charge in [0.2, 0.25) is 0 Å². The van der Waals surface area contributed by atoms with E-state index in [1.54, 1.807) is 23.4 Å². The minimum Gasteiger partial charge on any atom is -0.320 e. The SMILES string of the molecule is O=C(Nc1cccc(Cl)c1F)N1CCc2c(cnc3[nH]ncc23)C1. The summed E-state index contributed by atoms with van der Waals surface area (Å²) in [6.07, 6.45) is 4.19. The van der Waals surface area contributed by atoms with Crippen LogP contribution in [-0.4, -0.2) is 32.7 Å². The average molecular weight is 346 g/mol. The number of nitrogens with one attached hydrogen (secondary N) is 2. The van der Waals surface area contributed by atoms with Crippen molar-refractivity contribution in [2.24, 2.45) is 0 Å². The van der Waals surface area contributed by atoms with E-state index in [0.29, 0.717) is 19.5 Å². The van der Waals surface area contributed by atoms with Crippen LogP contribution in [0.25, 0.3) is 11.0 Å². The van der Waals surface area contributed by atoms with Gasteiger partial charge in [-0.1, -0.05) is 17.7 Å². The van der Waals surface area contributed by atoms with E-state index in [9.17, 15) is 9.18 Å². The molecule has 1 aromatic carbocycles. The Morgan fingerprint density at radius 2 is 2.25 bits per heavy atom. The van der Waals surface area contributed by atoms with Gasteiger partial charge in [0.1, 0.15) is 0 Å². The number of benzene rings is 1. The van der Waals surface area contributed by atoms with Crippen LogP contribution >= 0.6 is 11.6 Å². The lowest BCUT2D eigenvalue weighted by Gasteiger charge is -2.29. The molecule has 0 saturated heterocycles. The first kappa shape index (κ1) is 14.9. The van der Waals surface area contributed by atoms with Crippen LogP contribution in [0, 0.1) is 5.82 Å². The number of fused-ring (bicyclic) bond motifs is 3. The van der Waals surface area contributed by atoms with Crippen LogP contribution in [0.2, 0.25) is 5.02 Å². The van der Waals surface area contributed by atoms with E-state index in [1.165, 1.54) is 12.1 Å². The maximum atomic E-state index is 13.9. The van der Waals surface area contributed by atoms with Crippen molar-refractivity contribution >= 4 is 34.4 Å². The molecule has 122 valence electrons. The number of halogens is 2. The minimum absolute atomic E-state index is 0.0247. The van der Waals surface area contributed by atoms with Crippen LogP contribution in [0.5, 0.6) is 0 Å². The van der Waals surface area contributed by atoms with Crippen LogP contribution in [0.3, 0.4) is 0 Å². The summed E-state index contributed by atoms with van der Waals surface area (Å²) in [6.45, 7) is 0.947. The summed E-state index contributed by atoms with van der Waals surface area (Å²) in [4.78, 5) is 18.3. The molecule has 0 atom stereocenters. The molecule has 0 fully saturated rings. The number of carbonyl (C=O) groups is 1. The number of amides is 2. The van der Waals surface area contributed by atoms with E-state index in [2.05, 4.69) is 20.5 Å². The molecular weight excluding hydrogens is 333 g/mol. The highest BCUT2D eigenvalue weighted by Crippen LogP contribution is 2.26. The summed E-state index contributed by atoms with van der Waals surface area (Å²) < 4.78 is 13.9. The van der Waals surface area contributed by atoms with Crippen molar-refractivity contribution < 1.29 is 9.18 Å². The zero-order valence-corrected chi connectivity index (χ0v) is 13.3. The second-order valence-corrected chi connectivity index (χ2v) is 6.00. The fourth-order valence-electron chi connectivity index (χ4n) is 2.92. The molecule has 0 bridgehead atoms. The Hall–Kier alpha value is -2.67. The quantitative estimate of drug-likeness (QED) is 0.710. The van der Waals surface area contributed by atoms with Gasteiger partial charge in [0.25, 0.3) is 0 Å². The normalized spacial score (nSPS) is 13.8. The molecule has 8 heteroatoms. The predicted octanol–water partition coefficient (Wildman–Crippen LogP) is 3.34. The molecule has 0 radical (unpaired) electrons. The molecule has 2 N–H and O–H groups in total. The van der Waals surface area contributed by atoms with Crippen LogP contribution in [0.15, 0.2) is 30.6 Å². The maximum absolute atomic E-state index is 13.9. The number of urea groups is 1. The van der Waals surface area contributed by atoms with E-state index in [1.807, 2.05) is 0 Å². The van der Waals surface area contributed by atoms with Gasteiger partial charge in [-0.25, -0.2) is 14.2 Å². The molecule has 0 aliphatic carbocycles. The Labute approximate surface area is 141 Å². The van der Waals surface area contributed by atoms with Crippen molar-refractivity contribution in [1.82, 2.24) is 20.1 Å². The summed E-state index contributed by atoms with van der Waals surface area (Å²) in [5, 5.41) is 10.4. The largest absolute Gasteiger partial charge is 0.322 e. The zero-order chi connectivity index (χ0) is 16.7. The number of hydrogen-bond acceptors (Lipinski definition) is 3. The number of anilines is 1. The third kappa shape index (κ3) is 2.46. The fourth-order valence-corrected chi connectivity index (χ4v) is 3.10. The monoisotopic (exact) mass is 345 g/mol. The van der Waals surface area contributed by atoms with Gasteiger partial charge in [-0.15, -0.1) is 0 Å². The van der Waals surface area contributed by atoms with E-state index in [4.69, 9.17) is 11.6 Å². The van der Waals surface area contributed by atoms with Crippen LogP contribution < -0.4 is 5.32 Å². The van der Waals surface area contributed by atoms with Gasteiger partial charge in [0.15, 0.2) is 11.5 Å². The summed E-state index contributed by atoms with van der Waals surface area (Å²) in [7, 11) is 0. The van der Waals surface area contributed by atoms with E-state index >= 15 is 0 Å². The summed E-state index contributed by atoms with van der Waals surface area (Å²) in [6, 6.07) is 4.14. The van der Waals surface area contributed by atoms with Gasteiger partial charge in [0, 0.05) is 24.7 Å². The number of nitrogens with zero attached hydrogens (tertiary/aromatic N) is 3. The number of aromatic nitrogens is 3. The lowest BCUT2D eigenvalue weighted by Crippen LogP contribution is -2.39. The maximum Gasteiger partial charge on any atom is 0.322 e. The zero-order valence-electron chi connectivity index (χ0n) is 12.5. The third-order valence-corrected chi connectivity index (χ3v) is 4.45. The van der Waals surface area contributed by atoms with Crippen molar-refractivity contribution in [2.75, 3.05) is 11.9 Å². The van der Waals surface area contributed by atoms with Gasteiger partial charge in [-0.3, -0.25) is 5.10 Å². The van der Waals surface area contributed by atoms with E-state index in [-0.39, 0.29) is 16.7 Å². The smallest absolute Gasteiger partial charge is 0.320 e. The molecule has 1 aliphatic heterocycles. The fraction of sp³-hybridized carbons (Fsp3) is 0.188. The third-order valence-electron chi connectivity index (χ3n) is 4.15. The number of pyridine rings is 1. The predicted molar refractivity (Wildman–Crippen MR) is 88.4 cm³/mol. The lowest BCUT2D eigenvalue weighted by molar-refractivity contribution is 0.206. The molecule has 3 aromatic rings. The number of hydrogen-bond donors (Lipinski definition) is 2. The van der Waals surface area contributed by atoms with Crippen LogP contribution in [-0.2, 0) is 13.0 Å². The number of carbonyl (C=O) groups excluding carboxylic acids is 1. The molecule has 2 aromatic heterocycles. The van der Waals surface area contributed by atoms with Crippen LogP contribution in [0.4, 0.5) is 14.9 Å². The molecule has 0 saturated carbocycles. The van der Waals surface area contributed by atoms with Crippen molar-refractivity contribution in [3.05, 3.63) is 52.6 Å². The standard InChI is InChI=1S/C16H13ClFN5O/c17-12-2-1-3-13(14(12)18)21-16(24)23-5-4-10-9(8-23)6-19-15-11(10)7-20-22-15/h1-3,6-7H,4-5,8H2,(H,21,24)(H,19,20,22). The number of aromatic amines is 1. The van der Waals surface area contributed by atoms with Gasteiger partial charge >= 0.3 is 6.03 Å². The van der Waals surface area contributed by atoms with Gasteiger partial charge in [0.05, 0.1) is 16.9 Å². The number of rotatable bonds is 1. The van der Waals surface area contributed by atoms with E-state index in [0.717, 1.165) is 22.2 Å². The molecule has 1 aliphatic rings. The lowest BCUT2D eigenvalue weighted by atomic mass is 9.99. The highest BCUT2D eigenvalue weighted by molar-refractivity contribution is 6.31. The molecular formula is C16H13ClFN5O. The first-order chi connectivity index (χ1) is 11.6. The first-order valence-corrected chi connectivity index (χ1v) is 7.81. The van der Waals surface area contributed by atoms with Crippen LogP contribution in [0.1, 0.15) is 11.1 Å². The molecule has 6 nitrogen and oxygen atoms in total. The molecule has 2 amide bonds. The first-order valence-electron chi connectivity index (χ1n) is 7.43. The summed E-state index contributed by atoms with van der Waals surface area (Å²) >= 11 is 5.74. The second kappa shape index (κ2) is 5.76. The van der Waals surface area contributed by atoms with Gasteiger partial charge < -0.3 is 10.2 Å². The average Bonchev–Trinajstić information content (AvgIpc) is 3.07. The number of H-pyrrole nitrogens is 1. The molecule has 0 unspecified atom stereocenters. The molecule has 0 spiro atoms. The molecule has 4 rings (SSSR count). The van der Waals surface area contributed by atoms with Crippen molar-refractivity contribution in [3.8, 4) is 0 Å². The topological polar surface area (TPSA) is 73.9 Å². The Morgan fingerprint density at radius 3 is 3.12 bits per heavy atom. The molecule has 24 heavy (non-hydrogen) atoms.